The SMILES string of the molecule is COc1cc(C)nc(CNCC2CCC(C(=O)O)CC2)c1. The highest BCUT2D eigenvalue weighted by atomic mass is 16.5. The number of aryl methyl sites for hydroxylation is 1. The lowest BCUT2D eigenvalue weighted by atomic mass is 9.82. The van der Waals surface area contributed by atoms with Crippen LogP contribution >= 0.6 is 0 Å². The number of hydrogen-bond donors (Lipinski definition) is 2. The second-order valence-corrected chi connectivity index (χ2v) is 5.83. The smallest absolute Gasteiger partial charge is 0.306 e. The number of ether oxygens (including phenoxy) is 1. The first-order valence-corrected chi connectivity index (χ1v) is 7.53. The van der Waals surface area contributed by atoms with Gasteiger partial charge in [-0.1, -0.05) is 0 Å². The molecule has 0 atom stereocenters. The third kappa shape index (κ3) is 4.70. The van der Waals surface area contributed by atoms with Crippen LogP contribution in [-0.4, -0.2) is 29.7 Å². The average molecular weight is 292 g/mol. The Hall–Kier alpha value is -1.62. The van der Waals surface area contributed by atoms with Gasteiger partial charge in [0.15, 0.2) is 0 Å². The molecule has 0 bridgehead atoms. The summed E-state index contributed by atoms with van der Waals surface area (Å²) in [4.78, 5) is 15.4. The molecule has 0 saturated heterocycles. The van der Waals surface area contributed by atoms with Crippen LogP contribution in [0.1, 0.15) is 37.1 Å². The molecule has 1 fully saturated rings. The van der Waals surface area contributed by atoms with Gasteiger partial charge in [0.05, 0.1) is 18.7 Å². The fourth-order valence-corrected chi connectivity index (χ4v) is 2.93. The van der Waals surface area contributed by atoms with Crippen LogP contribution in [0.15, 0.2) is 12.1 Å². The Morgan fingerprint density at radius 3 is 2.71 bits per heavy atom. The zero-order valence-corrected chi connectivity index (χ0v) is 12.8. The van der Waals surface area contributed by atoms with E-state index in [2.05, 4.69) is 10.3 Å². The maximum Gasteiger partial charge on any atom is 0.306 e. The van der Waals surface area contributed by atoms with Gasteiger partial charge in [-0.3, -0.25) is 9.78 Å². The molecule has 5 heteroatoms. The van der Waals surface area contributed by atoms with Crippen molar-refractivity contribution in [1.29, 1.82) is 0 Å². The van der Waals surface area contributed by atoms with Crippen molar-refractivity contribution < 1.29 is 14.6 Å². The first-order valence-electron chi connectivity index (χ1n) is 7.53. The van der Waals surface area contributed by atoms with E-state index in [1.807, 2.05) is 19.1 Å². The first-order chi connectivity index (χ1) is 10.1. The third-order valence-electron chi connectivity index (χ3n) is 4.15. The fraction of sp³-hybridized carbons (Fsp3) is 0.625. The van der Waals surface area contributed by atoms with Crippen molar-refractivity contribution in [3.05, 3.63) is 23.5 Å². The zero-order valence-electron chi connectivity index (χ0n) is 12.8. The molecule has 1 aromatic heterocycles. The number of carboxylic acids is 1. The standard InChI is InChI=1S/C16H24N2O3/c1-11-7-15(21-2)8-14(18-11)10-17-9-12-3-5-13(6-4-12)16(19)20/h7-8,12-13,17H,3-6,9-10H2,1-2H3,(H,19,20). The Bertz CT molecular complexity index is 482. The van der Waals surface area contributed by atoms with Crippen LogP contribution in [-0.2, 0) is 11.3 Å². The summed E-state index contributed by atoms with van der Waals surface area (Å²) >= 11 is 0. The molecule has 0 aromatic carbocycles. The maximum atomic E-state index is 10.9. The Morgan fingerprint density at radius 1 is 1.38 bits per heavy atom. The van der Waals surface area contributed by atoms with E-state index in [9.17, 15) is 4.79 Å². The molecule has 1 aliphatic rings. The van der Waals surface area contributed by atoms with Gasteiger partial charge in [0.1, 0.15) is 5.75 Å². The number of nitrogens with one attached hydrogen (secondary N) is 1. The van der Waals surface area contributed by atoms with Crippen molar-refractivity contribution in [2.75, 3.05) is 13.7 Å². The summed E-state index contributed by atoms with van der Waals surface area (Å²) in [5.41, 5.74) is 1.93. The summed E-state index contributed by atoms with van der Waals surface area (Å²) < 4.78 is 5.24. The Labute approximate surface area is 125 Å². The van der Waals surface area contributed by atoms with Gasteiger partial charge in [-0.15, -0.1) is 0 Å². The normalized spacial score (nSPS) is 22.0. The van der Waals surface area contributed by atoms with Crippen molar-refractivity contribution in [1.82, 2.24) is 10.3 Å². The first kappa shape index (κ1) is 15.8. The molecule has 0 radical (unpaired) electrons. The molecule has 0 aliphatic heterocycles. The summed E-state index contributed by atoms with van der Waals surface area (Å²) in [6.45, 7) is 3.60. The van der Waals surface area contributed by atoms with Crippen molar-refractivity contribution in [3.63, 3.8) is 0 Å². The molecule has 1 aliphatic carbocycles. The summed E-state index contributed by atoms with van der Waals surface area (Å²) in [6.07, 6.45) is 3.60. The monoisotopic (exact) mass is 292 g/mol. The summed E-state index contributed by atoms with van der Waals surface area (Å²) in [6, 6.07) is 3.86. The molecule has 116 valence electrons. The maximum absolute atomic E-state index is 10.9. The van der Waals surface area contributed by atoms with Crippen molar-refractivity contribution in [2.45, 2.75) is 39.2 Å². The van der Waals surface area contributed by atoms with Gasteiger partial charge in [-0.2, -0.15) is 0 Å². The predicted molar refractivity (Wildman–Crippen MR) is 80.3 cm³/mol. The zero-order chi connectivity index (χ0) is 15.2. The molecule has 2 rings (SSSR count). The van der Waals surface area contributed by atoms with Crippen LogP contribution in [0.3, 0.4) is 0 Å². The van der Waals surface area contributed by atoms with E-state index >= 15 is 0 Å². The molecule has 0 unspecified atom stereocenters. The minimum absolute atomic E-state index is 0.135. The predicted octanol–water partition coefficient (Wildman–Crippen LogP) is 2.38. The van der Waals surface area contributed by atoms with E-state index in [-0.39, 0.29) is 5.92 Å². The van der Waals surface area contributed by atoms with Crippen LogP contribution in [0.5, 0.6) is 5.75 Å². The number of hydrogen-bond acceptors (Lipinski definition) is 4. The van der Waals surface area contributed by atoms with Gasteiger partial charge in [0.25, 0.3) is 0 Å². The summed E-state index contributed by atoms with van der Waals surface area (Å²) in [7, 11) is 1.66. The van der Waals surface area contributed by atoms with Gasteiger partial charge >= 0.3 is 5.97 Å². The van der Waals surface area contributed by atoms with Crippen LogP contribution < -0.4 is 10.1 Å². The van der Waals surface area contributed by atoms with Gasteiger partial charge in [0, 0.05) is 24.4 Å². The van der Waals surface area contributed by atoms with Gasteiger partial charge < -0.3 is 15.2 Å². The molecule has 21 heavy (non-hydrogen) atoms. The number of pyridine rings is 1. The average Bonchev–Trinajstić information content (AvgIpc) is 2.47. The molecule has 1 heterocycles. The Kier molecular flexibility index (Phi) is 5.56. The summed E-state index contributed by atoms with van der Waals surface area (Å²) in [5.74, 6) is 0.634. The van der Waals surface area contributed by atoms with Gasteiger partial charge in [-0.25, -0.2) is 0 Å². The van der Waals surface area contributed by atoms with Crippen LogP contribution in [0.4, 0.5) is 0 Å². The second kappa shape index (κ2) is 7.41. The Balaban J connectivity index is 1.75. The lowest BCUT2D eigenvalue weighted by Crippen LogP contribution is -2.28. The second-order valence-electron chi connectivity index (χ2n) is 5.83. The minimum Gasteiger partial charge on any atom is -0.497 e. The number of methoxy groups -OCH3 is 1. The van der Waals surface area contributed by atoms with E-state index in [4.69, 9.17) is 9.84 Å². The van der Waals surface area contributed by atoms with E-state index in [0.29, 0.717) is 5.92 Å². The number of rotatable bonds is 6. The van der Waals surface area contributed by atoms with Crippen molar-refractivity contribution >= 4 is 5.97 Å². The number of aromatic nitrogens is 1. The molecule has 2 N–H and O–H groups in total. The molecular formula is C16H24N2O3. The van der Waals surface area contributed by atoms with E-state index in [1.165, 1.54) is 0 Å². The van der Waals surface area contributed by atoms with Crippen molar-refractivity contribution in [2.24, 2.45) is 11.8 Å². The highest BCUT2D eigenvalue weighted by molar-refractivity contribution is 5.69. The number of carboxylic acid groups (broad SMARTS) is 1. The minimum atomic E-state index is -0.641. The van der Waals surface area contributed by atoms with Crippen molar-refractivity contribution in [3.8, 4) is 5.75 Å². The van der Waals surface area contributed by atoms with E-state index in [1.54, 1.807) is 7.11 Å². The fourth-order valence-electron chi connectivity index (χ4n) is 2.93. The number of carbonyl (C=O) groups is 1. The lowest BCUT2D eigenvalue weighted by Gasteiger charge is -2.26. The molecule has 1 saturated carbocycles. The Morgan fingerprint density at radius 2 is 2.10 bits per heavy atom. The van der Waals surface area contributed by atoms with Gasteiger partial charge in [0.2, 0.25) is 0 Å². The molecule has 1 aromatic rings. The topological polar surface area (TPSA) is 71.5 Å². The number of aliphatic carboxylic acids is 1. The highest BCUT2D eigenvalue weighted by Crippen LogP contribution is 2.28. The molecule has 0 spiro atoms. The molecule has 0 amide bonds. The van der Waals surface area contributed by atoms with Gasteiger partial charge in [-0.05, 0) is 45.1 Å². The molecular weight excluding hydrogens is 268 g/mol. The number of nitrogens with zero attached hydrogens (tertiary/aromatic N) is 1. The van der Waals surface area contributed by atoms with Crippen LogP contribution in [0, 0.1) is 18.8 Å². The summed E-state index contributed by atoms with van der Waals surface area (Å²) in [5, 5.41) is 12.4. The van der Waals surface area contributed by atoms with Crippen LogP contribution in [0.25, 0.3) is 0 Å². The lowest BCUT2D eigenvalue weighted by molar-refractivity contribution is -0.143. The van der Waals surface area contributed by atoms with E-state index in [0.717, 1.165) is 55.9 Å². The van der Waals surface area contributed by atoms with Crippen LogP contribution in [0.2, 0.25) is 0 Å². The van der Waals surface area contributed by atoms with E-state index < -0.39 is 5.97 Å². The quantitative estimate of drug-likeness (QED) is 0.842. The largest absolute Gasteiger partial charge is 0.497 e. The highest BCUT2D eigenvalue weighted by Gasteiger charge is 2.25. The third-order valence-corrected chi connectivity index (χ3v) is 4.15. The molecule has 5 nitrogen and oxygen atoms in total.